The van der Waals surface area contributed by atoms with Crippen LogP contribution in [0.25, 0.3) is 0 Å². The number of carbonyl (C=O) groups excluding carboxylic acids is 1. The van der Waals surface area contributed by atoms with Crippen LogP contribution in [0.3, 0.4) is 0 Å². The number of aromatic nitrogens is 2. The van der Waals surface area contributed by atoms with Crippen LogP contribution in [0, 0.1) is 0 Å². The van der Waals surface area contributed by atoms with Crippen molar-refractivity contribution >= 4 is 22.4 Å². The van der Waals surface area contributed by atoms with Crippen LogP contribution in [0.15, 0.2) is 30.3 Å². The van der Waals surface area contributed by atoms with Crippen molar-refractivity contribution in [3.8, 4) is 0 Å². The van der Waals surface area contributed by atoms with Gasteiger partial charge in [-0.05, 0) is 18.4 Å². The summed E-state index contributed by atoms with van der Waals surface area (Å²) >= 11 is 1.46. The molecule has 0 unspecified atom stereocenters. The molecule has 1 atom stereocenters. The SMILES string of the molecule is CCCc1nnc(NC(=O)CN2CC[C@H]2c2ccccc2)s1. The second-order valence-corrected chi connectivity index (χ2v) is 6.55. The highest BCUT2D eigenvalue weighted by Gasteiger charge is 2.30. The predicted octanol–water partition coefficient (Wildman–Crippen LogP) is 2.88. The normalized spacial score (nSPS) is 18.0. The minimum atomic E-state index is -0.0140. The predicted molar refractivity (Wildman–Crippen MR) is 87.9 cm³/mol. The molecule has 0 radical (unpaired) electrons. The molecule has 1 aliphatic rings. The average Bonchev–Trinajstić information content (AvgIpc) is 2.92. The molecule has 0 saturated carbocycles. The van der Waals surface area contributed by atoms with Gasteiger partial charge in [-0.1, -0.05) is 48.6 Å². The summed E-state index contributed by atoms with van der Waals surface area (Å²) in [4.78, 5) is 14.3. The van der Waals surface area contributed by atoms with Crippen molar-refractivity contribution in [1.29, 1.82) is 0 Å². The quantitative estimate of drug-likeness (QED) is 0.890. The molecule has 1 aromatic heterocycles. The van der Waals surface area contributed by atoms with Crippen molar-refractivity contribution in [3.63, 3.8) is 0 Å². The van der Waals surface area contributed by atoms with Gasteiger partial charge in [0.05, 0.1) is 6.54 Å². The molecule has 1 fully saturated rings. The molecular formula is C16H20N4OS. The van der Waals surface area contributed by atoms with Crippen molar-refractivity contribution in [1.82, 2.24) is 15.1 Å². The van der Waals surface area contributed by atoms with Gasteiger partial charge in [-0.15, -0.1) is 10.2 Å². The molecule has 5 nitrogen and oxygen atoms in total. The van der Waals surface area contributed by atoms with Gasteiger partial charge < -0.3 is 0 Å². The van der Waals surface area contributed by atoms with E-state index in [1.54, 1.807) is 0 Å². The first kappa shape index (κ1) is 15.1. The van der Waals surface area contributed by atoms with Gasteiger partial charge in [-0.3, -0.25) is 15.0 Å². The third-order valence-corrected chi connectivity index (χ3v) is 4.74. The first-order valence-electron chi connectivity index (χ1n) is 7.67. The summed E-state index contributed by atoms with van der Waals surface area (Å²) in [6, 6.07) is 10.7. The number of likely N-dealkylation sites (tertiary alicyclic amines) is 1. The zero-order valence-corrected chi connectivity index (χ0v) is 13.5. The minimum Gasteiger partial charge on any atom is -0.299 e. The smallest absolute Gasteiger partial charge is 0.240 e. The van der Waals surface area contributed by atoms with Gasteiger partial charge in [0.1, 0.15) is 5.01 Å². The first-order valence-corrected chi connectivity index (χ1v) is 8.49. The second kappa shape index (κ2) is 6.98. The van der Waals surface area contributed by atoms with E-state index in [4.69, 9.17) is 0 Å². The van der Waals surface area contributed by atoms with Crippen molar-refractivity contribution in [2.45, 2.75) is 32.2 Å². The maximum Gasteiger partial charge on any atom is 0.240 e. The molecule has 22 heavy (non-hydrogen) atoms. The topological polar surface area (TPSA) is 58.1 Å². The second-order valence-electron chi connectivity index (χ2n) is 5.48. The van der Waals surface area contributed by atoms with E-state index in [0.29, 0.717) is 17.7 Å². The van der Waals surface area contributed by atoms with E-state index in [1.807, 2.05) is 18.2 Å². The molecule has 3 rings (SSSR count). The zero-order chi connectivity index (χ0) is 15.4. The lowest BCUT2D eigenvalue weighted by atomic mass is 9.95. The van der Waals surface area contributed by atoms with E-state index in [9.17, 15) is 4.79 Å². The highest BCUT2D eigenvalue weighted by Crippen LogP contribution is 2.32. The molecule has 0 spiro atoms. The molecule has 116 valence electrons. The van der Waals surface area contributed by atoms with Crippen LogP contribution in [-0.2, 0) is 11.2 Å². The number of rotatable bonds is 6. The van der Waals surface area contributed by atoms with Crippen LogP contribution in [0.4, 0.5) is 5.13 Å². The number of hydrogen-bond donors (Lipinski definition) is 1. The molecule has 1 aromatic carbocycles. The number of carbonyl (C=O) groups is 1. The Morgan fingerprint density at radius 2 is 2.18 bits per heavy atom. The fraction of sp³-hybridized carbons (Fsp3) is 0.438. The fourth-order valence-electron chi connectivity index (χ4n) is 2.64. The Balaban J connectivity index is 1.53. The molecule has 2 aromatic rings. The average molecular weight is 316 g/mol. The van der Waals surface area contributed by atoms with E-state index < -0.39 is 0 Å². The van der Waals surface area contributed by atoms with Crippen molar-refractivity contribution < 1.29 is 4.79 Å². The van der Waals surface area contributed by atoms with Crippen LogP contribution in [0.1, 0.15) is 36.4 Å². The van der Waals surface area contributed by atoms with Crippen LogP contribution < -0.4 is 5.32 Å². The lowest BCUT2D eigenvalue weighted by molar-refractivity contribution is -0.119. The monoisotopic (exact) mass is 316 g/mol. The summed E-state index contributed by atoms with van der Waals surface area (Å²) in [5, 5.41) is 12.5. The highest BCUT2D eigenvalue weighted by atomic mass is 32.1. The summed E-state index contributed by atoms with van der Waals surface area (Å²) in [6.07, 6.45) is 3.06. The van der Waals surface area contributed by atoms with Crippen LogP contribution in [0.2, 0.25) is 0 Å². The van der Waals surface area contributed by atoms with E-state index >= 15 is 0 Å². The van der Waals surface area contributed by atoms with Gasteiger partial charge in [0.15, 0.2) is 0 Å². The molecule has 1 aliphatic heterocycles. The number of aryl methyl sites for hydroxylation is 1. The fourth-order valence-corrected chi connectivity index (χ4v) is 3.50. The van der Waals surface area contributed by atoms with Gasteiger partial charge in [0.25, 0.3) is 0 Å². The van der Waals surface area contributed by atoms with Gasteiger partial charge >= 0.3 is 0 Å². The highest BCUT2D eigenvalue weighted by molar-refractivity contribution is 7.15. The van der Waals surface area contributed by atoms with E-state index in [-0.39, 0.29) is 5.91 Å². The molecule has 1 saturated heterocycles. The van der Waals surface area contributed by atoms with Gasteiger partial charge in [-0.2, -0.15) is 0 Å². The minimum absolute atomic E-state index is 0.0140. The van der Waals surface area contributed by atoms with Gasteiger partial charge in [0, 0.05) is 19.0 Å². The summed E-state index contributed by atoms with van der Waals surface area (Å²) in [5.41, 5.74) is 1.28. The molecule has 6 heteroatoms. The number of hydrogen-bond acceptors (Lipinski definition) is 5. The Morgan fingerprint density at radius 1 is 1.36 bits per heavy atom. The summed E-state index contributed by atoms with van der Waals surface area (Å²) < 4.78 is 0. The first-order chi connectivity index (χ1) is 10.8. The molecule has 1 amide bonds. The number of nitrogens with one attached hydrogen (secondary N) is 1. The lowest BCUT2D eigenvalue weighted by Crippen LogP contribution is -2.45. The number of amides is 1. The van der Waals surface area contributed by atoms with Crippen LogP contribution in [0.5, 0.6) is 0 Å². The Bertz CT molecular complexity index is 628. The Hall–Kier alpha value is -1.79. The van der Waals surface area contributed by atoms with Crippen LogP contribution >= 0.6 is 11.3 Å². The third-order valence-electron chi connectivity index (χ3n) is 3.84. The summed E-state index contributed by atoms with van der Waals surface area (Å²) in [6.45, 7) is 3.47. The molecule has 0 aliphatic carbocycles. The maximum atomic E-state index is 12.1. The van der Waals surface area contributed by atoms with Crippen molar-refractivity contribution in [2.24, 2.45) is 0 Å². The molecule has 2 heterocycles. The van der Waals surface area contributed by atoms with Crippen molar-refractivity contribution in [2.75, 3.05) is 18.4 Å². The Labute approximate surface area is 134 Å². The third kappa shape index (κ3) is 3.51. The maximum absolute atomic E-state index is 12.1. The standard InChI is InChI=1S/C16H20N4OS/c1-2-6-15-18-19-16(22-15)17-14(21)11-20-10-9-13(20)12-7-4-3-5-8-12/h3-5,7-8,13H,2,6,9-11H2,1H3,(H,17,19,21)/t13-/m0/s1. The zero-order valence-electron chi connectivity index (χ0n) is 12.7. The van der Waals surface area contributed by atoms with E-state index in [1.165, 1.54) is 16.9 Å². The number of anilines is 1. The number of nitrogens with zero attached hydrogens (tertiary/aromatic N) is 3. The van der Waals surface area contributed by atoms with Crippen LogP contribution in [-0.4, -0.2) is 34.1 Å². The molecule has 1 N–H and O–H groups in total. The number of benzene rings is 1. The molecule has 0 bridgehead atoms. The van der Waals surface area contributed by atoms with E-state index in [0.717, 1.165) is 30.8 Å². The summed E-state index contributed by atoms with van der Waals surface area (Å²) in [5.74, 6) is -0.0140. The van der Waals surface area contributed by atoms with Crippen molar-refractivity contribution in [3.05, 3.63) is 40.9 Å². The van der Waals surface area contributed by atoms with Gasteiger partial charge in [-0.25, -0.2) is 0 Å². The lowest BCUT2D eigenvalue weighted by Gasteiger charge is -2.40. The Kier molecular flexibility index (Phi) is 4.80. The summed E-state index contributed by atoms with van der Waals surface area (Å²) in [7, 11) is 0. The largest absolute Gasteiger partial charge is 0.299 e. The Morgan fingerprint density at radius 3 is 2.86 bits per heavy atom. The molecular weight excluding hydrogens is 296 g/mol. The van der Waals surface area contributed by atoms with Gasteiger partial charge in [0.2, 0.25) is 11.0 Å². The van der Waals surface area contributed by atoms with E-state index in [2.05, 4.69) is 39.5 Å².